The van der Waals surface area contributed by atoms with Gasteiger partial charge in [-0.15, -0.1) is 0 Å². The van der Waals surface area contributed by atoms with Crippen LogP contribution in [0.5, 0.6) is 0 Å². The van der Waals surface area contributed by atoms with Crippen LogP contribution in [0, 0.1) is 30.9 Å². The van der Waals surface area contributed by atoms with Crippen molar-refractivity contribution in [3.8, 4) is 0 Å². The van der Waals surface area contributed by atoms with Crippen molar-refractivity contribution < 1.29 is 4.92 Å². The molecule has 3 aromatic rings. The quantitative estimate of drug-likeness (QED) is 0.542. The van der Waals surface area contributed by atoms with Crippen LogP contribution in [0.4, 0.5) is 5.69 Å². The van der Waals surface area contributed by atoms with E-state index in [0.717, 1.165) is 5.56 Å². The SMILES string of the molecule is Cc1ccc2nc(Cn3nc(C)c([N+](=O)[O-])c3C)cc(=O)n2c1. The van der Waals surface area contributed by atoms with Crippen molar-refractivity contribution in [2.24, 2.45) is 0 Å². The Kier molecular flexibility index (Phi) is 3.44. The Labute approximate surface area is 131 Å². The van der Waals surface area contributed by atoms with Gasteiger partial charge in [-0.1, -0.05) is 6.07 Å². The van der Waals surface area contributed by atoms with E-state index in [9.17, 15) is 14.9 Å². The van der Waals surface area contributed by atoms with Crippen LogP contribution in [0.2, 0.25) is 0 Å². The Hall–Kier alpha value is -3.03. The maximum atomic E-state index is 12.2. The maximum Gasteiger partial charge on any atom is 0.312 e. The summed E-state index contributed by atoms with van der Waals surface area (Å²) in [6, 6.07) is 5.07. The fraction of sp³-hybridized carbons (Fsp3) is 0.267. The molecule has 0 bridgehead atoms. The lowest BCUT2D eigenvalue weighted by Crippen LogP contribution is -2.17. The molecule has 118 valence electrons. The molecule has 3 heterocycles. The van der Waals surface area contributed by atoms with E-state index in [2.05, 4.69) is 10.1 Å². The number of aryl methyl sites for hydroxylation is 2. The molecule has 0 aromatic carbocycles. The van der Waals surface area contributed by atoms with E-state index in [4.69, 9.17) is 0 Å². The molecule has 0 fully saturated rings. The lowest BCUT2D eigenvalue weighted by molar-refractivity contribution is -0.386. The molecule has 3 aromatic heterocycles. The summed E-state index contributed by atoms with van der Waals surface area (Å²) in [5.74, 6) is 0. The van der Waals surface area contributed by atoms with E-state index in [1.165, 1.54) is 15.1 Å². The van der Waals surface area contributed by atoms with Gasteiger partial charge in [0.1, 0.15) is 17.0 Å². The first kappa shape index (κ1) is 14.9. The summed E-state index contributed by atoms with van der Waals surface area (Å²) in [6.45, 7) is 5.33. The molecule has 0 aliphatic heterocycles. The summed E-state index contributed by atoms with van der Waals surface area (Å²) in [4.78, 5) is 27.2. The summed E-state index contributed by atoms with van der Waals surface area (Å²) < 4.78 is 2.97. The van der Waals surface area contributed by atoms with Gasteiger partial charge in [0, 0.05) is 12.3 Å². The zero-order valence-corrected chi connectivity index (χ0v) is 13.0. The van der Waals surface area contributed by atoms with Gasteiger partial charge in [0.15, 0.2) is 0 Å². The van der Waals surface area contributed by atoms with Crippen molar-refractivity contribution in [3.63, 3.8) is 0 Å². The maximum absolute atomic E-state index is 12.2. The Morgan fingerprint density at radius 1 is 1.26 bits per heavy atom. The number of hydrogen-bond acceptors (Lipinski definition) is 5. The molecule has 0 N–H and O–H groups in total. The Balaban J connectivity index is 2.06. The van der Waals surface area contributed by atoms with Gasteiger partial charge >= 0.3 is 5.69 Å². The predicted molar refractivity (Wildman–Crippen MR) is 83.7 cm³/mol. The van der Waals surface area contributed by atoms with Gasteiger partial charge in [-0.2, -0.15) is 5.10 Å². The first-order valence-electron chi connectivity index (χ1n) is 7.04. The molecule has 0 spiro atoms. The summed E-state index contributed by atoms with van der Waals surface area (Å²) in [5, 5.41) is 15.2. The van der Waals surface area contributed by atoms with E-state index in [-0.39, 0.29) is 17.8 Å². The average Bonchev–Trinajstić information content (AvgIpc) is 2.74. The largest absolute Gasteiger partial charge is 0.312 e. The van der Waals surface area contributed by atoms with Crippen LogP contribution in [-0.4, -0.2) is 24.1 Å². The minimum Gasteiger partial charge on any atom is -0.269 e. The number of nitro groups is 1. The molecule has 8 nitrogen and oxygen atoms in total. The molecule has 0 aliphatic carbocycles. The highest BCUT2D eigenvalue weighted by Crippen LogP contribution is 2.22. The molecule has 0 radical (unpaired) electrons. The predicted octanol–water partition coefficient (Wildman–Crippen LogP) is 1.77. The average molecular weight is 313 g/mol. The molecule has 0 amide bonds. The first-order chi connectivity index (χ1) is 10.9. The van der Waals surface area contributed by atoms with Gasteiger partial charge in [0.2, 0.25) is 0 Å². The second kappa shape index (κ2) is 5.31. The number of aromatic nitrogens is 4. The topological polar surface area (TPSA) is 95.3 Å². The molecule has 23 heavy (non-hydrogen) atoms. The summed E-state index contributed by atoms with van der Waals surface area (Å²) >= 11 is 0. The van der Waals surface area contributed by atoms with Crippen molar-refractivity contribution in [2.45, 2.75) is 27.3 Å². The molecule has 0 saturated heterocycles. The molecular weight excluding hydrogens is 298 g/mol. The van der Waals surface area contributed by atoms with Gasteiger partial charge in [-0.05, 0) is 32.4 Å². The lowest BCUT2D eigenvalue weighted by atomic mass is 10.3. The van der Waals surface area contributed by atoms with Gasteiger partial charge in [-0.3, -0.25) is 24.0 Å². The zero-order valence-electron chi connectivity index (χ0n) is 13.0. The molecule has 8 heteroatoms. The van der Waals surface area contributed by atoms with Gasteiger partial charge in [-0.25, -0.2) is 4.98 Å². The van der Waals surface area contributed by atoms with Gasteiger partial charge in [0.25, 0.3) is 5.56 Å². The van der Waals surface area contributed by atoms with Crippen LogP contribution >= 0.6 is 0 Å². The van der Waals surface area contributed by atoms with Crippen molar-refractivity contribution in [1.29, 1.82) is 0 Å². The van der Waals surface area contributed by atoms with Crippen LogP contribution in [0.3, 0.4) is 0 Å². The smallest absolute Gasteiger partial charge is 0.269 e. The Bertz CT molecular complexity index is 987. The van der Waals surface area contributed by atoms with Crippen LogP contribution in [0.25, 0.3) is 5.65 Å². The van der Waals surface area contributed by atoms with E-state index in [1.54, 1.807) is 26.1 Å². The summed E-state index contributed by atoms with van der Waals surface area (Å²) in [7, 11) is 0. The van der Waals surface area contributed by atoms with E-state index < -0.39 is 4.92 Å². The van der Waals surface area contributed by atoms with E-state index in [1.807, 2.05) is 13.0 Å². The molecule has 0 unspecified atom stereocenters. The van der Waals surface area contributed by atoms with Gasteiger partial charge in [0.05, 0.1) is 17.2 Å². The number of hydrogen-bond donors (Lipinski definition) is 0. The molecule has 0 aliphatic rings. The van der Waals surface area contributed by atoms with Crippen molar-refractivity contribution in [3.05, 3.63) is 67.5 Å². The third kappa shape index (κ3) is 2.59. The van der Waals surface area contributed by atoms with Crippen molar-refractivity contribution >= 4 is 11.3 Å². The highest BCUT2D eigenvalue weighted by Gasteiger charge is 2.22. The molecule has 0 saturated carbocycles. The minimum atomic E-state index is -0.445. The number of rotatable bonds is 3. The highest BCUT2D eigenvalue weighted by molar-refractivity contribution is 5.41. The normalized spacial score (nSPS) is 11.1. The van der Waals surface area contributed by atoms with Crippen LogP contribution in [0.15, 0.2) is 29.2 Å². The fourth-order valence-corrected chi connectivity index (χ4v) is 2.60. The number of pyridine rings is 1. The van der Waals surface area contributed by atoms with E-state index >= 15 is 0 Å². The fourth-order valence-electron chi connectivity index (χ4n) is 2.60. The summed E-state index contributed by atoms with van der Waals surface area (Å²) in [5.41, 5.74) is 2.61. The molecular formula is C15H15N5O3. The Morgan fingerprint density at radius 3 is 2.65 bits per heavy atom. The minimum absolute atomic E-state index is 0.00173. The number of nitrogens with zero attached hydrogens (tertiary/aromatic N) is 5. The van der Waals surface area contributed by atoms with E-state index in [0.29, 0.717) is 22.7 Å². The Morgan fingerprint density at radius 2 is 2.00 bits per heavy atom. The lowest BCUT2D eigenvalue weighted by Gasteiger charge is -2.06. The standard InChI is InChI=1S/C15H15N5O3/c1-9-4-5-13-16-12(6-14(21)18(13)7-9)8-19-11(3)15(20(22)23)10(2)17-19/h4-7H,8H2,1-3H3. The number of fused-ring (bicyclic) bond motifs is 1. The van der Waals surface area contributed by atoms with Crippen molar-refractivity contribution in [2.75, 3.05) is 0 Å². The highest BCUT2D eigenvalue weighted by atomic mass is 16.6. The third-order valence-electron chi connectivity index (χ3n) is 3.70. The zero-order chi connectivity index (χ0) is 16.7. The second-order valence-electron chi connectivity index (χ2n) is 5.45. The second-order valence-corrected chi connectivity index (χ2v) is 5.45. The third-order valence-corrected chi connectivity index (χ3v) is 3.70. The molecule has 3 rings (SSSR count). The first-order valence-corrected chi connectivity index (χ1v) is 7.04. The van der Waals surface area contributed by atoms with Gasteiger partial charge < -0.3 is 0 Å². The monoisotopic (exact) mass is 313 g/mol. The van der Waals surface area contributed by atoms with Crippen LogP contribution < -0.4 is 5.56 Å². The van der Waals surface area contributed by atoms with Crippen molar-refractivity contribution in [1.82, 2.24) is 19.2 Å². The summed E-state index contributed by atoms with van der Waals surface area (Å²) in [6.07, 6.45) is 1.72. The van der Waals surface area contributed by atoms with Crippen LogP contribution in [0.1, 0.15) is 22.6 Å². The van der Waals surface area contributed by atoms with Crippen LogP contribution in [-0.2, 0) is 6.54 Å². The molecule has 0 atom stereocenters.